The lowest BCUT2D eigenvalue weighted by Crippen LogP contribution is -2.37. The Morgan fingerprint density at radius 2 is 2.08 bits per heavy atom. The first kappa shape index (κ1) is 16.9. The maximum atomic E-state index is 13.3. The molecular formula is C21H21N3OS. The van der Waals surface area contributed by atoms with Crippen LogP contribution in [0.2, 0.25) is 0 Å². The van der Waals surface area contributed by atoms with Crippen molar-refractivity contribution >= 4 is 22.4 Å². The number of hydrogen-bond donors (Lipinski definition) is 1. The van der Waals surface area contributed by atoms with Gasteiger partial charge in [0.15, 0.2) is 0 Å². The van der Waals surface area contributed by atoms with E-state index in [0.29, 0.717) is 5.13 Å². The molecule has 0 saturated heterocycles. The molecule has 4 rings (SSSR count). The number of carbonyl (C=O) groups excluding carboxylic acids is 1. The lowest BCUT2D eigenvalue weighted by atomic mass is 9.73. The highest BCUT2D eigenvalue weighted by atomic mass is 32.1. The molecule has 1 aromatic heterocycles. The predicted molar refractivity (Wildman–Crippen MR) is 104 cm³/mol. The first-order valence-electron chi connectivity index (χ1n) is 8.86. The second-order valence-corrected chi connectivity index (χ2v) is 7.86. The molecule has 2 atom stereocenters. The highest BCUT2D eigenvalue weighted by Crippen LogP contribution is 2.51. The zero-order chi connectivity index (χ0) is 18.1. The highest BCUT2D eigenvalue weighted by molar-refractivity contribution is 7.13. The van der Waals surface area contributed by atoms with Crippen molar-refractivity contribution in [3.63, 3.8) is 0 Å². The molecule has 4 nitrogen and oxygen atoms in total. The van der Waals surface area contributed by atoms with E-state index in [2.05, 4.69) is 59.7 Å². The van der Waals surface area contributed by atoms with Gasteiger partial charge in [-0.3, -0.25) is 4.79 Å². The maximum absolute atomic E-state index is 13.3. The summed E-state index contributed by atoms with van der Waals surface area (Å²) in [6.07, 6.45) is 1.71. The van der Waals surface area contributed by atoms with Crippen LogP contribution in [0.25, 0.3) is 0 Å². The number of amides is 1. The average Bonchev–Trinajstić information content (AvgIpc) is 3.27. The van der Waals surface area contributed by atoms with Crippen molar-refractivity contribution in [2.24, 2.45) is 5.41 Å². The number of fused-ring (bicyclic) bond motifs is 1. The van der Waals surface area contributed by atoms with Crippen LogP contribution in [0, 0.1) is 5.41 Å². The number of rotatable bonds is 4. The van der Waals surface area contributed by atoms with Crippen LogP contribution in [0.4, 0.5) is 5.13 Å². The molecule has 1 aliphatic rings. The second-order valence-electron chi connectivity index (χ2n) is 7.02. The zero-order valence-corrected chi connectivity index (χ0v) is 15.7. The van der Waals surface area contributed by atoms with Crippen LogP contribution in [0.5, 0.6) is 0 Å². The predicted octanol–water partition coefficient (Wildman–Crippen LogP) is 4.43. The molecule has 0 bridgehead atoms. The van der Waals surface area contributed by atoms with E-state index < -0.39 is 5.41 Å². The van der Waals surface area contributed by atoms with E-state index in [9.17, 15) is 4.79 Å². The third-order valence-electron chi connectivity index (χ3n) is 5.36. The summed E-state index contributed by atoms with van der Waals surface area (Å²) in [7, 11) is 0. The molecule has 0 radical (unpaired) electrons. The number of anilines is 1. The standard InChI is InChI=1S/C21H21N3OS/c1-3-14-9-10-16-12-21(2,19(25)23-20-24-22-13-26-20)18(17(16)11-14)15-7-5-4-6-8-15/h4-11,13,18H,3,12H2,1-2H3,(H,23,24,25)/t18-,21+/m0/s1. The van der Waals surface area contributed by atoms with Gasteiger partial charge in [-0.05, 0) is 42.0 Å². The Labute approximate surface area is 157 Å². The molecule has 0 fully saturated rings. The van der Waals surface area contributed by atoms with Crippen LogP contribution in [0.1, 0.15) is 42.0 Å². The van der Waals surface area contributed by atoms with Crippen molar-refractivity contribution in [2.45, 2.75) is 32.6 Å². The number of benzene rings is 2. The summed E-state index contributed by atoms with van der Waals surface area (Å²) in [5.74, 6) is 0.0236. The van der Waals surface area contributed by atoms with Gasteiger partial charge in [0, 0.05) is 5.92 Å². The van der Waals surface area contributed by atoms with Crippen molar-refractivity contribution < 1.29 is 4.79 Å². The molecule has 1 N–H and O–H groups in total. The fourth-order valence-electron chi connectivity index (χ4n) is 4.01. The van der Waals surface area contributed by atoms with Crippen LogP contribution < -0.4 is 5.32 Å². The quantitative estimate of drug-likeness (QED) is 0.746. The monoisotopic (exact) mass is 363 g/mol. The number of aromatic nitrogens is 2. The fourth-order valence-corrected chi connectivity index (χ4v) is 4.45. The lowest BCUT2D eigenvalue weighted by molar-refractivity contribution is -0.125. The van der Waals surface area contributed by atoms with Crippen molar-refractivity contribution in [1.29, 1.82) is 0 Å². The van der Waals surface area contributed by atoms with E-state index in [4.69, 9.17) is 0 Å². The van der Waals surface area contributed by atoms with Gasteiger partial charge in [0.05, 0.1) is 5.41 Å². The molecule has 0 unspecified atom stereocenters. The number of nitrogens with one attached hydrogen (secondary N) is 1. The Morgan fingerprint density at radius 1 is 1.27 bits per heavy atom. The Bertz CT molecular complexity index is 924. The summed E-state index contributed by atoms with van der Waals surface area (Å²) in [5.41, 5.74) is 6.06. The van der Waals surface area contributed by atoms with Crippen LogP contribution in [0.15, 0.2) is 54.0 Å². The Morgan fingerprint density at radius 3 is 2.77 bits per heavy atom. The van der Waals surface area contributed by atoms with Gasteiger partial charge in [0.2, 0.25) is 11.0 Å². The summed E-state index contributed by atoms with van der Waals surface area (Å²) in [6, 6.07) is 17.0. The SMILES string of the molecule is CCc1ccc2c(c1)[C@H](c1ccccc1)[C@](C)(C(=O)Nc1nncs1)C2. The summed E-state index contributed by atoms with van der Waals surface area (Å²) in [5, 5.41) is 11.3. The van der Waals surface area contributed by atoms with Crippen LogP contribution in [-0.2, 0) is 17.6 Å². The van der Waals surface area contributed by atoms with Crippen molar-refractivity contribution in [3.8, 4) is 0 Å². The van der Waals surface area contributed by atoms with Gasteiger partial charge in [-0.2, -0.15) is 0 Å². The topological polar surface area (TPSA) is 54.9 Å². The second kappa shape index (κ2) is 6.65. The molecule has 0 saturated carbocycles. The molecule has 26 heavy (non-hydrogen) atoms. The molecular weight excluding hydrogens is 342 g/mol. The first-order valence-corrected chi connectivity index (χ1v) is 9.74. The van der Waals surface area contributed by atoms with E-state index in [-0.39, 0.29) is 11.8 Å². The van der Waals surface area contributed by atoms with E-state index in [1.54, 1.807) is 5.51 Å². The van der Waals surface area contributed by atoms with E-state index >= 15 is 0 Å². The van der Waals surface area contributed by atoms with Gasteiger partial charge in [0.1, 0.15) is 5.51 Å². The molecule has 1 amide bonds. The third kappa shape index (κ3) is 2.82. The molecule has 3 aromatic rings. The molecule has 2 aromatic carbocycles. The van der Waals surface area contributed by atoms with E-state index in [1.807, 2.05) is 18.2 Å². The Balaban J connectivity index is 1.79. The van der Waals surface area contributed by atoms with Gasteiger partial charge in [-0.1, -0.05) is 66.8 Å². The zero-order valence-electron chi connectivity index (χ0n) is 14.9. The molecule has 0 spiro atoms. The normalized spacial score (nSPS) is 21.4. The van der Waals surface area contributed by atoms with Gasteiger partial charge in [-0.15, -0.1) is 10.2 Å². The van der Waals surface area contributed by atoms with Crippen molar-refractivity contribution in [1.82, 2.24) is 10.2 Å². The largest absolute Gasteiger partial charge is 0.300 e. The van der Waals surface area contributed by atoms with Crippen LogP contribution >= 0.6 is 11.3 Å². The number of hydrogen-bond acceptors (Lipinski definition) is 4. The lowest BCUT2D eigenvalue weighted by Gasteiger charge is -2.31. The van der Waals surface area contributed by atoms with Gasteiger partial charge in [-0.25, -0.2) is 0 Å². The first-order chi connectivity index (χ1) is 12.6. The number of aryl methyl sites for hydroxylation is 1. The smallest absolute Gasteiger partial charge is 0.233 e. The minimum Gasteiger partial charge on any atom is -0.300 e. The molecule has 0 aliphatic heterocycles. The molecule has 5 heteroatoms. The summed E-state index contributed by atoms with van der Waals surface area (Å²) < 4.78 is 0. The maximum Gasteiger partial charge on any atom is 0.233 e. The highest BCUT2D eigenvalue weighted by Gasteiger charge is 2.48. The average molecular weight is 363 g/mol. The fraction of sp³-hybridized carbons (Fsp3) is 0.286. The third-order valence-corrected chi connectivity index (χ3v) is 5.96. The van der Waals surface area contributed by atoms with Gasteiger partial charge in [0.25, 0.3) is 0 Å². The van der Waals surface area contributed by atoms with Crippen molar-refractivity contribution in [2.75, 3.05) is 5.32 Å². The summed E-state index contributed by atoms with van der Waals surface area (Å²) in [4.78, 5) is 13.3. The number of nitrogens with zero attached hydrogens (tertiary/aromatic N) is 2. The Kier molecular flexibility index (Phi) is 4.32. The summed E-state index contributed by atoms with van der Waals surface area (Å²) >= 11 is 1.34. The molecule has 1 heterocycles. The van der Waals surface area contributed by atoms with E-state index in [1.165, 1.54) is 33.6 Å². The molecule has 132 valence electrons. The van der Waals surface area contributed by atoms with Crippen molar-refractivity contribution in [3.05, 3.63) is 76.3 Å². The van der Waals surface area contributed by atoms with Gasteiger partial charge < -0.3 is 5.32 Å². The summed E-state index contributed by atoms with van der Waals surface area (Å²) in [6.45, 7) is 4.22. The molecule has 1 aliphatic carbocycles. The number of carbonyl (C=O) groups is 1. The Hall–Kier alpha value is -2.53. The minimum absolute atomic E-state index is 0.00245. The minimum atomic E-state index is -0.568. The van der Waals surface area contributed by atoms with Crippen LogP contribution in [0.3, 0.4) is 0 Å². The van der Waals surface area contributed by atoms with Crippen LogP contribution in [-0.4, -0.2) is 16.1 Å². The van der Waals surface area contributed by atoms with Gasteiger partial charge >= 0.3 is 0 Å². The van der Waals surface area contributed by atoms with E-state index in [0.717, 1.165) is 12.8 Å².